The van der Waals surface area contributed by atoms with E-state index >= 15 is 0 Å². The number of aromatic nitrogens is 1. The number of rotatable bonds is 8. The lowest BCUT2D eigenvalue weighted by molar-refractivity contribution is -0.140. The summed E-state index contributed by atoms with van der Waals surface area (Å²) in [5, 5.41) is 3.88. The van der Waals surface area contributed by atoms with E-state index in [0.717, 1.165) is 10.9 Å². The predicted molar refractivity (Wildman–Crippen MR) is 101 cm³/mol. The van der Waals surface area contributed by atoms with Crippen LogP contribution in [0, 0.1) is 5.92 Å². The molecule has 136 valence electrons. The number of carbonyl (C=O) groups excluding carboxylic acids is 1. The van der Waals surface area contributed by atoms with Gasteiger partial charge in [0, 0.05) is 18.2 Å². The molecule has 1 aromatic carbocycles. The van der Waals surface area contributed by atoms with E-state index in [1.165, 1.54) is 0 Å². The lowest BCUT2D eigenvalue weighted by Crippen LogP contribution is -2.44. The molecule has 1 aromatic heterocycles. The minimum absolute atomic E-state index is 0.141. The number of pyridine rings is 1. The summed E-state index contributed by atoms with van der Waals surface area (Å²) < 4.78 is 11.4. The third-order valence-electron chi connectivity index (χ3n) is 4.02. The van der Waals surface area contributed by atoms with Gasteiger partial charge in [-0.1, -0.05) is 13.8 Å². The summed E-state index contributed by atoms with van der Waals surface area (Å²) in [4.78, 5) is 17.3. The van der Waals surface area contributed by atoms with Crippen LogP contribution in [0.3, 0.4) is 0 Å². The molecule has 0 spiro atoms. The molecule has 5 nitrogen and oxygen atoms in total. The molecule has 25 heavy (non-hydrogen) atoms. The fourth-order valence-corrected chi connectivity index (χ4v) is 3.10. The molecule has 5 heteroatoms. The fraction of sp³-hybridized carbons (Fsp3) is 0.500. The number of amides is 1. The largest absolute Gasteiger partial charge is 0.492 e. The summed E-state index contributed by atoms with van der Waals surface area (Å²) >= 11 is 0. The summed E-state index contributed by atoms with van der Waals surface area (Å²) in [7, 11) is 0. The van der Waals surface area contributed by atoms with Gasteiger partial charge in [0.1, 0.15) is 16.9 Å². The highest BCUT2D eigenvalue weighted by molar-refractivity contribution is 6.05. The SMILES string of the molecule is CCOc1ccc(NC(=O)[C@](C)(CC(C)C)OCC)c2cccnc12. The van der Waals surface area contributed by atoms with E-state index in [2.05, 4.69) is 24.1 Å². The van der Waals surface area contributed by atoms with Crippen LogP contribution in [-0.2, 0) is 9.53 Å². The Morgan fingerprint density at radius 2 is 2.00 bits per heavy atom. The first-order valence-electron chi connectivity index (χ1n) is 8.87. The van der Waals surface area contributed by atoms with Gasteiger partial charge < -0.3 is 14.8 Å². The van der Waals surface area contributed by atoms with Crippen molar-refractivity contribution in [1.29, 1.82) is 0 Å². The Morgan fingerprint density at radius 1 is 1.24 bits per heavy atom. The number of benzene rings is 1. The normalized spacial score (nSPS) is 13.7. The van der Waals surface area contributed by atoms with Gasteiger partial charge in [-0.25, -0.2) is 0 Å². The first-order valence-corrected chi connectivity index (χ1v) is 8.87. The molecule has 0 saturated heterocycles. The maximum absolute atomic E-state index is 12.9. The average Bonchev–Trinajstić information content (AvgIpc) is 2.56. The number of carbonyl (C=O) groups is 1. The monoisotopic (exact) mass is 344 g/mol. The first kappa shape index (κ1) is 19.2. The van der Waals surface area contributed by atoms with E-state index in [4.69, 9.17) is 9.47 Å². The van der Waals surface area contributed by atoms with Crippen molar-refractivity contribution in [2.75, 3.05) is 18.5 Å². The van der Waals surface area contributed by atoms with Gasteiger partial charge in [0.25, 0.3) is 5.91 Å². The van der Waals surface area contributed by atoms with Gasteiger partial charge in [0.15, 0.2) is 0 Å². The minimum atomic E-state index is -0.865. The average molecular weight is 344 g/mol. The van der Waals surface area contributed by atoms with Crippen LogP contribution in [0.2, 0.25) is 0 Å². The highest BCUT2D eigenvalue weighted by atomic mass is 16.5. The first-order chi connectivity index (χ1) is 11.9. The molecule has 2 rings (SSSR count). The van der Waals surface area contributed by atoms with Gasteiger partial charge in [-0.2, -0.15) is 0 Å². The van der Waals surface area contributed by atoms with Crippen molar-refractivity contribution in [3.63, 3.8) is 0 Å². The summed E-state index contributed by atoms with van der Waals surface area (Å²) in [6, 6.07) is 7.48. The maximum Gasteiger partial charge on any atom is 0.256 e. The van der Waals surface area contributed by atoms with Crippen LogP contribution >= 0.6 is 0 Å². The molecule has 0 aliphatic rings. The van der Waals surface area contributed by atoms with Crippen molar-refractivity contribution in [1.82, 2.24) is 4.98 Å². The number of nitrogens with one attached hydrogen (secondary N) is 1. The number of nitrogens with zero attached hydrogens (tertiary/aromatic N) is 1. The van der Waals surface area contributed by atoms with Crippen LogP contribution in [0.5, 0.6) is 5.75 Å². The molecule has 0 aliphatic carbocycles. The van der Waals surface area contributed by atoms with Gasteiger partial charge in [-0.15, -0.1) is 0 Å². The number of anilines is 1. The van der Waals surface area contributed by atoms with Crippen LogP contribution < -0.4 is 10.1 Å². The van der Waals surface area contributed by atoms with E-state index < -0.39 is 5.60 Å². The van der Waals surface area contributed by atoms with Crippen molar-refractivity contribution in [3.8, 4) is 5.75 Å². The lowest BCUT2D eigenvalue weighted by Gasteiger charge is -2.30. The lowest BCUT2D eigenvalue weighted by atomic mass is 9.93. The molecule has 1 N–H and O–H groups in total. The quantitative estimate of drug-likeness (QED) is 0.770. The third-order valence-corrected chi connectivity index (χ3v) is 4.02. The molecular formula is C20H28N2O3. The Hall–Kier alpha value is -2.14. The highest BCUT2D eigenvalue weighted by Gasteiger charge is 2.35. The zero-order valence-electron chi connectivity index (χ0n) is 15.8. The summed E-state index contributed by atoms with van der Waals surface area (Å²) in [5.41, 5.74) is 0.589. The van der Waals surface area contributed by atoms with Gasteiger partial charge in [-0.05, 0) is 57.4 Å². The smallest absolute Gasteiger partial charge is 0.256 e. The molecular weight excluding hydrogens is 316 g/mol. The molecule has 1 heterocycles. The number of fused-ring (bicyclic) bond motifs is 1. The second kappa shape index (κ2) is 8.30. The van der Waals surface area contributed by atoms with E-state index in [0.29, 0.717) is 37.0 Å². The topological polar surface area (TPSA) is 60.5 Å². The van der Waals surface area contributed by atoms with E-state index in [1.54, 1.807) is 6.20 Å². The van der Waals surface area contributed by atoms with Gasteiger partial charge >= 0.3 is 0 Å². The third kappa shape index (κ3) is 4.48. The van der Waals surface area contributed by atoms with Crippen LogP contribution in [0.25, 0.3) is 10.9 Å². The highest BCUT2D eigenvalue weighted by Crippen LogP contribution is 2.31. The molecule has 0 fully saturated rings. The van der Waals surface area contributed by atoms with E-state index in [-0.39, 0.29) is 5.91 Å². The van der Waals surface area contributed by atoms with Crippen molar-refractivity contribution in [2.24, 2.45) is 5.92 Å². The van der Waals surface area contributed by atoms with Gasteiger partial charge in [0.2, 0.25) is 0 Å². The fourth-order valence-electron chi connectivity index (χ4n) is 3.10. The number of hydrogen-bond acceptors (Lipinski definition) is 4. The Bertz CT molecular complexity index is 730. The van der Waals surface area contributed by atoms with Crippen molar-refractivity contribution < 1.29 is 14.3 Å². The second-order valence-electron chi connectivity index (χ2n) is 6.66. The van der Waals surface area contributed by atoms with Crippen molar-refractivity contribution in [3.05, 3.63) is 30.5 Å². The molecule has 1 amide bonds. The Labute approximate surface area is 149 Å². The second-order valence-corrected chi connectivity index (χ2v) is 6.66. The van der Waals surface area contributed by atoms with E-state index in [9.17, 15) is 4.79 Å². The Balaban J connectivity index is 2.36. The minimum Gasteiger partial charge on any atom is -0.492 e. The van der Waals surface area contributed by atoms with Crippen LogP contribution in [0.1, 0.15) is 41.0 Å². The zero-order valence-corrected chi connectivity index (χ0v) is 15.8. The molecule has 0 radical (unpaired) electrons. The molecule has 0 saturated carbocycles. The van der Waals surface area contributed by atoms with Crippen LogP contribution in [0.15, 0.2) is 30.5 Å². The Morgan fingerprint density at radius 3 is 2.64 bits per heavy atom. The molecule has 0 bridgehead atoms. The van der Waals surface area contributed by atoms with Crippen LogP contribution in [-0.4, -0.2) is 29.7 Å². The Kier molecular flexibility index (Phi) is 6.37. The maximum atomic E-state index is 12.9. The predicted octanol–water partition coefficient (Wildman–Crippen LogP) is 4.41. The van der Waals surface area contributed by atoms with E-state index in [1.807, 2.05) is 45.0 Å². The van der Waals surface area contributed by atoms with Crippen LogP contribution in [0.4, 0.5) is 5.69 Å². The standard InChI is InChI=1S/C20H28N2O3/c1-6-24-17-11-10-16(15-9-8-12-21-18(15)17)22-19(23)20(5,25-7-2)13-14(3)4/h8-12,14H,6-7,13H2,1-5H3,(H,22,23)/t20-/m0/s1. The zero-order chi connectivity index (χ0) is 18.4. The summed E-state index contributed by atoms with van der Waals surface area (Å²) in [6.45, 7) is 10.9. The molecule has 0 aliphatic heterocycles. The van der Waals surface area contributed by atoms with Gasteiger partial charge in [0.05, 0.1) is 12.3 Å². The summed E-state index contributed by atoms with van der Waals surface area (Å²) in [6.07, 6.45) is 2.37. The summed E-state index contributed by atoms with van der Waals surface area (Å²) in [5.74, 6) is 0.921. The van der Waals surface area contributed by atoms with Gasteiger partial charge in [-0.3, -0.25) is 9.78 Å². The van der Waals surface area contributed by atoms with Crippen molar-refractivity contribution >= 4 is 22.5 Å². The number of ether oxygens (including phenoxy) is 2. The van der Waals surface area contributed by atoms with Crippen molar-refractivity contribution in [2.45, 2.75) is 46.6 Å². The molecule has 0 unspecified atom stereocenters. The molecule has 2 aromatic rings. The number of hydrogen-bond donors (Lipinski definition) is 1. The molecule has 1 atom stereocenters.